The first-order valence-corrected chi connectivity index (χ1v) is 7.60. The molecular formula is C12H18N2O4S. The van der Waals surface area contributed by atoms with E-state index in [-0.39, 0.29) is 16.6 Å². The van der Waals surface area contributed by atoms with Crippen LogP contribution in [-0.4, -0.2) is 30.5 Å². The molecule has 0 saturated heterocycles. The second kappa shape index (κ2) is 6.63. The quantitative estimate of drug-likeness (QED) is 0.794. The van der Waals surface area contributed by atoms with Gasteiger partial charge < -0.3 is 5.11 Å². The molecule has 1 rings (SSSR count). The fourth-order valence-corrected chi connectivity index (χ4v) is 2.92. The van der Waals surface area contributed by atoms with Crippen LogP contribution in [0, 0.1) is 0 Å². The van der Waals surface area contributed by atoms with Gasteiger partial charge in [0.1, 0.15) is 0 Å². The number of carboxylic acid groups (broad SMARTS) is 1. The zero-order valence-corrected chi connectivity index (χ0v) is 11.8. The Hall–Kier alpha value is -1.47. The summed E-state index contributed by atoms with van der Waals surface area (Å²) in [6.07, 6.45) is 3.37. The summed E-state index contributed by atoms with van der Waals surface area (Å²) in [4.78, 5) is 14.4. The lowest BCUT2D eigenvalue weighted by atomic mass is 10.1. The lowest BCUT2D eigenvalue weighted by Crippen LogP contribution is -2.34. The SMILES string of the molecule is CCCC(CC)NS(=O)(=O)c1ccc(C(=O)O)cn1. The average Bonchev–Trinajstić information content (AvgIpc) is 2.38. The van der Waals surface area contributed by atoms with Crippen LogP contribution in [0.4, 0.5) is 0 Å². The molecule has 7 heteroatoms. The maximum Gasteiger partial charge on any atom is 0.337 e. The fraction of sp³-hybridized carbons (Fsp3) is 0.500. The zero-order chi connectivity index (χ0) is 14.5. The lowest BCUT2D eigenvalue weighted by Gasteiger charge is -2.15. The summed E-state index contributed by atoms with van der Waals surface area (Å²) in [7, 11) is -3.69. The van der Waals surface area contributed by atoms with Crippen molar-refractivity contribution in [3.63, 3.8) is 0 Å². The van der Waals surface area contributed by atoms with E-state index in [1.165, 1.54) is 12.1 Å². The Morgan fingerprint density at radius 1 is 1.42 bits per heavy atom. The molecular weight excluding hydrogens is 268 g/mol. The van der Waals surface area contributed by atoms with E-state index in [1.807, 2.05) is 13.8 Å². The Bertz CT molecular complexity index is 525. The van der Waals surface area contributed by atoms with E-state index in [4.69, 9.17) is 5.11 Å². The van der Waals surface area contributed by atoms with Crippen LogP contribution in [0.1, 0.15) is 43.5 Å². The standard InChI is InChI=1S/C12H18N2O4S/c1-3-5-10(4-2)14-19(17,18)11-7-6-9(8-13-11)12(15)16/h6-8,10,14H,3-5H2,1-2H3,(H,15,16). The molecule has 0 amide bonds. The van der Waals surface area contributed by atoms with Crippen molar-refractivity contribution in [3.05, 3.63) is 23.9 Å². The van der Waals surface area contributed by atoms with E-state index in [9.17, 15) is 13.2 Å². The Labute approximate surface area is 112 Å². The first kappa shape index (κ1) is 15.6. The summed E-state index contributed by atoms with van der Waals surface area (Å²) < 4.78 is 26.6. The summed E-state index contributed by atoms with van der Waals surface area (Å²) in [6, 6.07) is 2.30. The van der Waals surface area contributed by atoms with E-state index in [0.717, 1.165) is 19.0 Å². The maximum absolute atomic E-state index is 12.0. The molecule has 0 aliphatic heterocycles. The molecule has 6 nitrogen and oxygen atoms in total. The van der Waals surface area contributed by atoms with E-state index in [2.05, 4.69) is 9.71 Å². The van der Waals surface area contributed by atoms with Crippen LogP contribution in [0.3, 0.4) is 0 Å². The maximum atomic E-state index is 12.0. The smallest absolute Gasteiger partial charge is 0.337 e. The molecule has 2 N–H and O–H groups in total. The van der Waals surface area contributed by atoms with Crippen molar-refractivity contribution in [2.24, 2.45) is 0 Å². The summed E-state index contributed by atoms with van der Waals surface area (Å²) in [6.45, 7) is 3.89. The number of carbonyl (C=O) groups is 1. The van der Waals surface area contributed by atoms with Crippen molar-refractivity contribution in [2.75, 3.05) is 0 Å². The number of nitrogens with one attached hydrogen (secondary N) is 1. The topological polar surface area (TPSA) is 96.4 Å². The van der Waals surface area contributed by atoms with E-state index < -0.39 is 16.0 Å². The minimum Gasteiger partial charge on any atom is -0.478 e. The average molecular weight is 286 g/mol. The third-order valence-corrected chi connectivity index (χ3v) is 4.15. The highest BCUT2D eigenvalue weighted by molar-refractivity contribution is 7.89. The molecule has 19 heavy (non-hydrogen) atoms. The number of carboxylic acids is 1. The van der Waals surface area contributed by atoms with Crippen molar-refractivity contribution < 1.29 is 18.3 Å². The largest absolute Gasteiger partial charge is 0.478 e. The van der Waals surface area contributed by atoms with Gasteiger partial charge in [-0.1, -0.05) is 20.3 Å². The van der Waals surface area contributed by atoms with Crippen LogP contribution in [0.5, 0.6) is 0 Å². The van der Waals surface area contributed by atoms with E-state index in [1.54, 1.807) is 0 Å². The molecule has 0 aliphatic carbocycles. The number of aromatic carboxylic acids is 1. The molecule has 1 heterocycles. The monoisotopic (exact) mass is 286 g/mol. The van der Waals surface area contributed by atoms with Gasteiger partial charge >= 0.3 is 5.97 Å². The highest BCUT2D eigenvalue weighted by Crippen LogP contribution is 2.10. The van der Waals surface area contributed by atoms with Crippen LogP contribution in [0.25, 0.3) is 0 Å². The van der Waals surface area contributed by atoms with Gasteiger partial charge in [0, 0.05) is 12.2 Å². The highest BCUT2D eigenvalue weighted by Gasteiger charge is 2.20. The van der Waals surface area contributed by atoms with Crippen molar-refractivity contribution in [3.8, 4) is 0 Å². The Morgan fingerprint density at radius 2 is 2.11 bits per heavy atom. The van der Waals surface area contributed by atoms with Crippen LogP contribution in [0.2, 0.25) is 0 Å². The summed E-state index contributed by atoms with van der Waals surface area (Å²) in [5.41, 5.74) is -0.0421. The molecule has 1 atom stereocenters. The molecule has 0 aliphatic rings. The fourth-order valence-electron chi connectivity index (χ4n) is 1.64. The van der Waals surface area contributed by atoms with E-state index in [0.29, 0.717) is 6.42 Å². The number of rotatable bonds is 7. The van der Waals surface area contributed by atoms with Gasteiger partial charge in [0.25, 0.3) is 10.0 Å². The first-order valence-electron chi connectivity index (χ1n) is 6.12. The van der Waals surface area contributed by atoms with Crippen LogP contribution in [-0.2, 0) is 10.0 Å². The van der Waals surface area contributed by atoms with Crippen molar-refractivity contribution in [2.45, 2.75) is 44.2 Å². The molecule has 0 bridgehead atoms. The minimum atomic E-state index is -3.69. The predicted molar refractivity (Wildman–Crippen MR) is 70.5 cm³/mol. The first-order chi connectivity index (χ1) is 8.90. The Balaban J connectivity index is 2.90. The minimum absolute atomic E-state index is 0.0421. The Morgan fingerprint density at radius 3 is 2.53 bits per heavy atom. The van der Waals surface area contributed by atoms with Gasteiger partial charge in [0.2, 0.25) is 0 Å². The third kappa shape index (κ3) is 4.29. The molecule has 0 radical (unpaired) electrons. The van der Waals surface area contributed by atoms with Gasteiger partial charge in [-0.25, -0.2) is 22.9 Å². The van der Waals surface area contributed by atoms with Gasteiger partial charge in [-0.05, 0) is 25.0 Å². The number of nitrogens with zero attached hydrogens (tertiary/aromatic N) is 1. The van der Waals surface area contributed by atoms with Crippen molar-refractivity contribution >= 4 is 16.0 Å². The summed E-state index contributed by atoms with van der Waals surface area (Å²) in [5.74, 6) is -1.14. The molecule has 1 aromatic rings. The molecule has 0 aromatic carbocycles. The zero-order valence-electron chi connectivity index (χ0n) is 11.0. The summed E-state index contributed by atoms with van der Waals surface area (Å²) in [5, 5.41) is 8.57. The van der Waals surface area contributed by atoms with Crippen molar-refractivity contribution in [1.82, 2.24) is 9.71 Å². The second-order valence-corrected chi connectivity index (χ2v) is 5.87. The predicted octanol–water partition coefficient (Wildman–Crippen LogP) is 1.64. The van der Waals surface area contributed by atoms with Crippen molar-refractivity contribution in [1.29, 1.82) is 0 Å². The molecule has 106 valence electrons. The van der Waals surface area contributed by atoms with Gasteiger partial charge in [-0.2, -0.15) is 0 Å². The van der Waals surface area contributed by atoms with Crippen LogP contribution < -0.4 is 4.72 Å². The number of aromatic nitrogens is 1. The number of hydrogen-bond acceptors (Lipinski definition) is 4. The molecule has 0 fully saturated rings. The number of pyridine rings is 1. The number of sulfonamides is 1. The lowest BCUT2D eigenvalue weighted by molar-refractivity contribution is 0.0696. The molecule has 1 aromatic heterocycles. The highest BCUT2D eigenvalue weighted by atomic mass is 32.2. The van der Waals surface area contributed by atoms with Gasteiger partial charge in [0.05, 0.1) is 5.56 Å². The van der Waals surface area contributed by atoms with Crippen LogP contribution in [0.15, 0.2) is 23.4 Å². The van der Waals surface area contributed by atoms with Gasteiger partial charge in [-0.3, -0.25) is 0 Å². The number of hydrogen-bond donors (Lipinski definition) is 2. The molecule has 0 saturated carbocycles. The van der Waals surface area contributed by atoms with Crippen LogP contribution >= 0.6 is 0 Å². The third-order valence-electron chi connectivity index (χ3n) is 2.71. The van der Waals surface area contributed by atoms with Gasteiger partial charge in [-0.15, -0.1) is 0 Å². The normalized spacial score (nSPS) is 13.2. The van der Waals surface area contributed by atoms with Gasteiger partial charge in [0.15, 0.2) is 5.03 Å². The van der Waals surface area contributed by atoms with E-state index >= 15 is 0 Å². The Kier molecular flexibility index (Phi) is 5.44. The molecule has 1 unspecified atom stereocenters. The summed E-state index contributed by atoms with van der Waals surface area (Å²) >= 11 is 0. The molecule has 0 spiro atoms. The second-order valence-electron chi connectivity index (χ2n) is 4.21.